The van der Waals surface area contributed by atoms with E-state index in [1.807, 2.05) is 0 Å². The zero-order chi connectivity index (χ0) is 34.3. The van der Waals surface area contributed by atoms with Gasteiger partial charge in [-0.25, -0.2) is 4.98 Å². The van der Waals surface area contributed by atoms with Gasteiger partial charge < -0.3 is 32.9 Å². The summed E-state index contributed by atoms with van der Waals surface area (Å²) in [7, 11) is -5.83. The van der Waals surface area contributed by atoms with Crippen molar-refractivity contribution in [2.75, 3.05) is 18.9 Å². The standard InChI is InChI=1S/C31H44N6O8Si2/c1-10-15-40-27-26-24(16-41-46(18(2)3,19(4)5)45-47(44-26,20(6)7)21(8)9)43-30(27)36-17-33-25-28(36)34-31(32)35-29(25)42-23-14-12-11-13-22(23)37(38)39/h1,11-14,17-21,24,26-27,30H,15-16H2,2-9H3,(H2,32,34,35)/t24-,26-,27-,30-/m1/s1. The number of nitrogens with zero attached hydrogens (tertiary/aromatic N) is 5. The Kier molecular flexibility index (Phi) is 10.1. The van der Waals surface area contributed by atoms with Crippen molar-refractivity contribution in [3.8, 4) is 24.0 Å². The van der Waals surface area contributed by atoms with E-state index in [1.165, 1.54) is 18.5 Å². The van der Waals surface area contributed by atoms with Crippen molar-refractivity contribution >= 4 is 39.9 Å². The molecule has 2 N–H and O–H groups in total. The van der Waals surface area contributed by atoms with Crippen LogP contribution in [0.2, 0.25) is 22.2 Å². The Balaban J connectivity index is 1.60. The molecule has 16 heteroatoms. The number of terminal acetylenes is 1. The van der Waals surface area contributed by atoms with Gasteiger partial charge in [0.05, 0.1) is 17.9 Å². The number of imidazole rings is 1. The first-order valence-electron chi connectivity index (χ1n) is 15.9. The molecular formula is C31H44N6O8Si2. The summed E-state index contributed by atoms with van der Waals surface area (Å²) >= 11 is 0. The summed E-state index contributed by atoms with van der Waals surface area (Å²) in [6.07, 6.45) is 4.57. The van der Waals surface area contributed by atoms with Crippen molar-refractivity contribution in [3.05, 3.63) is 40.7 Å². The molecule has 4 atom stereocenters. The fourth-order valence-electron chi connectivity index (χ4n) is 6.63. The largest absolute Gasteiger partial charge is 0.429 e. The lowest BCUT2D eigenvalue weighted by Gasteiger charge is -2.51. The molecule has 0 radical (unpaired) electrons. The van der Waals surface area contributed by atoms with E-state index in [4.69, 9.17) is 39.3 Å². The predicted octanol–water partition coefficient (Wildman–Crippen LogP) is 5.98. The first-order valence-corrected chi connectivity index (χ1v) is 19.8. The predicted molar refractivity (Wildman–Crippen MR) is 179 cm³/mol. The Morgan fingerprint density at radius 1 is 1.09 bits per heavy atom. The number of hydrogen-bond acceptors (Lipinski definition) is 12. The number of para-hydroxylation sites is 2. The molecule has 5 rings (SSSR count). The van der Waals surface area contributed by atoms with Crippen molar-refractivity contribution in [1.82, 2.24) is 19.5 Å². The quantitative estimate of drug-likeness (QED) is 0.115. The van der Waals surface area contributed by atoms with E-state index in [0.717, 1.165) is 0 Å². The van der Waals surface area contributed by atoms with E-state index < -0.39 is 46.6 Å². The molecule has 0 amide bonds. The first-order chi connectivity index (χ1) is 22.3. The molecule has 1 aromatic carbocycles. The Labute approximate surface area is 276 Å². The molecule has 254 valence electrons. The Morgan fingerprint density at radius 2 is 1.74 bits per heavy atom. The molecule has 0 aliphatic carbocycles. The SMILES string of the molecule is C#CCO[C@@H]1[C@@H]2O[Si](C(C)C)(C(C)C)O[Si](C(C)C)(C(C)C)OC[C@H]2O[C@H]1n1cnc2c(Oc3ccccc3[N+](=O)[O-])nc(N)nc21. The van der Waals surface area contributed by atoms with E-state index in [9.17, 15) is 10.1 Å². The van der Waals surface area contributed by atoms with Crippen LogP contribution in [0.3, 0.4) is 0 Å². The molecule has 2 fully saturated rings. The van der Waals surface area contributed by atoms with Crippen LogP contribution < -0.4 is 10.5 Å². The van der Waals surface area contributed by atoms with E-state index >= 15 is 0 Å². The number of benzene rings is 1. The summed E-state index contributed by atoms with van der Waals surface area (Å²) in [5, 5.41) is 11.6. The maximum Gasteiger partial charge on any atom is 0.335 e. The van der Waals surface area contributed by atoms with Gasteiger partial charge in [0.2, 0.25) is 11.7 Å². The fraction of sp³-hybridized carbons (Fsp3) is 0.581. The van der Waals surface area contributed by atoms with Crippen LogP contribution in [0.15, 0.2) is 30.6 Å². The van der Waals surface area contributed by atoms with Crippen molar-refractivity contribution in [2.45, 2.75) is 102 Å². The molecular weight excluding hydrogens is 641 g/mol. The maximum absolute atomic E-state index is 11.6. The normalized spacial score (nSPS) is 24.0. The Hall–Kier alpha value is -3.44. The van der Waals surface area contributed by atoms with Gasteiger partial charge in [0.15, 0.2) is 17.4 Å². The first kappa shape index (κ1) is 34.9. The molecule has 2 aliphatic rings. The summed E-state index contributed by atoms with van der Waals surface area (Å²) in [6, 6.07) is 5.97. The molecule has 4 heterocycles. The van der Waals surface area contributed by atoms with Crippen LogP contribution in [0.1, 0.15) is 61.6 Å². The van der Waals surface area contributed by atoms with Gasteiger partial charge in [-0.3, -0.25) is 14.7 Å². The summed E-state index contributed by atoms with van der Waals surface area (Å²) in [4.78, 5) is 24.3. The number of hydrogen-bond donors (Lipinski definition) is 1. The highest BCUT2D eigenvalue weighted by atomic mass is 28.5. The minimum Gasteiger partial charge on any atom is -0.429 e. The highest BCUT2D eigenvalue weighted by Gasteiger charge is 2.62. The molecule has 2 saturated heterocycles. The third-order valence-electron chi connectivity index (χ3n) is 8.93. The summed E-state index contributed by atoms with van der Waals surface area (Å²) in [5.41, 5.74) is 6.90. The zero-order valence-electron chi connectivity index (χ0n) is 28.1. The average molecular weight is 685 g/mol. The highest BCUT2D eigenvalue weighted by Crippen LogP contribution is 2.49. The lowest BCUT2D eigenvalue weighted by molar-refractivity contribution is -0.385. The van der Waals surface area contributed by atoms with Gasteiger partial charge >= 0.3 is 22.8 Å². The van der Waals surface area contributed by atoms with Crippen molar-refractivity contribution < 1.29 is 32.1 Å². The van der Waals surface area contributed by atoms with E-state index in [2.05, 4.69) is 76.3 Å². The van der Waals surface area contributed by atoms with Crippen molar-refractivity contribution in [3.63, 3.8) is 0 Å². The monoisotopic (exact) mass is 684 g/mol. The van der Waals surface area contributed by atoms with Crippen LogP contribution in [0.5, 0.6) is 11.6 Å². The van der Waals surface area contributed by atoms with E-state index in [-0.39, 0.29) is 69.8 Å². The van der Waals surface area contributed by atoms with Crippen LogP contribution in [-0.4, -0.2) is 73.1 Å². The van der Waals surface area contributed by atoms with Crippen LogP contribution in [0.25, 0.3) is 11.2 Å². The molecule has 0 bridgehead atoms. The summed E-state index contributed by atoms with van der Waals surface area (Å²) in [5.74, 6) is 2.38. The van der Waals surface area contributed by atoms with Gasteiger partial charge in [0.25, 0.3) is 5.88 Å². The number of nitrogens with two attached hydrogens (primary N) is 1. The lowest BCUT2D eigenvalue weighted by atomic mass is 10.1. The number of nitro benzene ring substituents is 1. The van der Waals surface area contributed by atoms with Crippen LogP contribution in [0, 0.1) is 22.5 Å². The maximum atomic E-state index is 11.6. The number of nitro groups is 1. The fourth-order valence-corrected chi connectivity index (χ4v) is 17.8. The van der Waals surface area contributed by atoms with Crippen LogP contribution in [-0.2, 0) is 22.4 Å². The molecule has 47 heavy (non-hydrogen) atoms. The van der Waals surface area contributed by atoms with Crippen molar-refractivity contribution in [1.29, 1.82) is 0 Å². The molecule has 3 aromatic rings. The Bertz CT molecular complexity index is 1630. The molecule has 0 unspecified atom stereocenters. The van der Waals surface area contributed by atoms with Crippen LogP contribution in [0.4, 0.5) is 11.6 Å². The Morgan fingerprint density at radius 3 is 2.36 bits per heavy atom. The molecule has 2 aliphatic heterocycles. The van der Waals surface area contributed by atoms with E-state index in [1.54, 1.807) is 16.7 Å². The smallest absolute Gasteiger partial charge is 0.335 e. The molecule has 2 aromatic heterocycles. The topological polar surface area (TPSA) is 168 Å². The zero-order valence-corrected chi connectivity index (χ0v) is 30.1. The number of ether oxygens (including phenoxy) is 3. The average Bonchev–Trinajstić information content (AvgIpc) is 3.56. The van der Waals surface area contributed by atoms with Crippen molar-refractivity contribution in [2.24, 2.45) is 0 Å². The second-order valence-electron chi connectivity index (χ2n) is 13.1. The number of anilines is 1. The number of nitrogen functional groups attached to an aromatic ring is 1. The van der Waals surface area contributed by atoms with Gasteiger partial charge in [-0.2, -0.15) is 9.97 Å². The molecule has 0 spiro atoms. The minimum absolute atomic E-state index is 0.00317. The minimum atomic E-state index is -3.01. The summed E-state index contributed by atoms with van der Waals surface area (Å²) < 4.78 is 42.2. The number of rotatable bonds is 10. The van der Waals surface area contributed by atoms with Gasteiger partial charge in [0, 0.05) is 6.07 Å². The third-order valence-corrected chi connectivity index (χ3v) is 19.2. The van der Waals surface area contributed by atoms with Crippen LogP contribution >= 0.6 is 0 Å². The van der Waals surface area contributed by atoms with Gasteiger partial charge in [-0.15, -0.1) is 6.42 Å². The number of fused-ring (bicyclic) bond motifs is 2. The highest BCUT2D eigenvalue weighted by molar-refractivity contribution is 6.84. The lowest BCUT2D eigenvalue weighted by Crippen LogP contribution is -2.66. The van der Waals surface area contributed by atoms with Gasteiger partial charge in [0.1, 0.15) is 24.9 Å². The van der Waals surface area contributed by atoms with Gasteiger partial charge in [-0.1, -0.05) is 73.4 Å². The van der Waals surface area contributed by atoms with E-state index in [0.29, 0.717) is 0 Å². The summed E-state index contributed by atoms with van der Waals surface area (Å²) in [6.45, 7) is 17.5. The molecule has 0 saturated carbocycles. The van der Waals surface area contributed by atoms with Gasteiger partial charge in [-0.05, 0) is 28.2 Å². The number of aromatic nitrogens is 4. The second kappa shape index (κ2) is 13.6. The second-order valence-corrected chi connectivity index (χ2v) is 22.0. The third kappa shape index (κ3) is 6.28. The molecule has 14 nitrogen and oxygen atoms in total.